The van der Waals surface area contributed by atoms with Crippen LogP contribution in [0.2, 0.25) is 0 Å². The minimum Gasteiger partial charge on any atom is -0.508 e. The molecule has 0 aromatic heterocycles. The minimum absolute atomic E-state index is 0.102. The van der Waals surface area contributed by atoms with E-state index >= 15 is 0 Å². The average molecular weight is 265 g/mol. The highest BCUT2D eigenvalue weighted by atomic mass is 16.5. The third-order valence-electron chi connectivity index (χ3n) is 3.97. The second-order valence-electron chi connectivity index (χ2n) is 4.99. The van der Waals surface area contributed by atoms with Crippen LogP contribution in [0.1, 0.15) is 24.9 Å². The summed E-state index contributed by atoms with van der Waals surface area (Å²) in [4.78, 5) is 2.33. The molecule has 0 amide bonds. The SMILES string of the molecule is CCC(c1ccccc1O)N1CC(OC)C(OC)C1. The maximum Gasteiger partial charge on any atom is 0.120 e. The predicted molar refractivity (Wildman–Crippen MR) is 74.3 cm³/mol. The Hall–Kier alpha value is -1.10. The van der Waals surface area contributed by atoms with Crippen LogP contribution < -0.4 is 0 Å². The second-order valence-corrected chi connectivity index (χ2v) is 4.99. The summed E-state index contributed by atoms with van der Waals surface area (Å²) in [7, 11) is 3.45. The van der Waals surface area contributed by atoms with E-state index < -0.39 is 0 Å². The summed E-state index contributed by atoms with van der Waals surface area (Å²) in [6.07, 6.45) is 1.15. The standard InChI is InChI=1S/C15H23NO3/c1-4-12(11-7-5-6-8-13(11)17)16-9-14(18-2)15(10-16)19-3/h5-8,12,14-15,17H,4,9-10H2,1-3H3. The first-order valence-electron chi connectivity index (χ1n) is 6.78. The zero-order valence-electron chi connectivity index (χ0n) is 11.9. The van der Waals surface area contributed by atoms with Gasteiger partial charge in [-0.05, 0) is 12.5 Å². The lowest BCUT2D eigenvalue weighted by Crippen LogP contribution is -2.27. The number of hydrogen-bond donors (Lipinski definition) is 1. The lowest BCUT2D eigenvalue weighted by Gasteiger charge is -2.27. The number of hydrogen-bond acceptors (Lipinski definition) is 4. The van der Waals surface area contributed by atoms with Crippen LogP contribution in [-0.4, -0.2) is 49.5 Å². The number of nitrogens with zero attached hydrogens (tertiary/aromatic N) is 1. The molecule has 0 radical (unpaired) electrons. The largest absolute Gasteiger partial charge is 0.508 e. The van der Waals surface area contributed by atoms with E-state index in [0.29, 0.717) is 5.75 Å². The number of phenolic OH excluding ortho intramolecular Hbond substituents is 1. The first-order chi connectivity index (χ1) is 9.21. The Morgan fingerprint density at radius 1 is 1.21 bits per heavy atom. The first kappa shape index (κ1) is 14.3. The van der Waals surface area contributed by atoms with Gasteiger partial charge in [0.25, 0.3) is 0 Å². The van der Waals surface area contributed by atoms with Gasteiger partial charge in [0.15, 0.2) is 0 Å². The molecular weight excluding hydrogens is 242 g/mol. The van der Waals surface area contributed by atoms with Crippen molar-refractivity contribution >= 4 is 0 Å². The summed E-state index contributed by atoms with van der Waals surface area (Å²) >= 11 is 0. The Labute approximate surface area is 114 Å². The van der Waals surface area contributed by atoms with Crippen LogP contribution in [0.15, 0.2) is 24.3 Å². The third-order valence-corrected chi connectivity index (χ3v) is 3.97. The fourth-order valence-corrected chi connectivity index (χ4v) is 2.92. The van der Waals surface area contributed by atoms with E-state index in [2.05, 4.69) is 11.8 Å². The fraction of sp³-hybridized carbons (Fsp3) is 0.600. The Kier molecular flexibility index (Phi) is 4.80. The summed E-state index contributed by atoms with van der Waals surface area (Å²) in [6, 6.07) is 7.76. The van der Waals surface area contributed by atoms with Crippen LogP contribution in [-0.2, 0) is 9.47 Å². The second kappa shape index (κ2) is 6.37. The van der Waals surface area contributed by atoms with Crippen LogP contribution >= 0.6 is 0 Å². The molecule has 1 fully saturated rings. The van der Waals surface area contributed by atoms with Crippen molar-refractivity contribution < 1.29 is 14.6 Å². The number of para-hydroxylation sites is 1. The van der Waals surface area contributed by atoms with Gasteiger partial charge in [-0.15, -0.1) is 0 Å². The van der Waals surface area contributed by atoms with E-state index in [9.17, 15) is 5.11 Å². The van der Waals surface area contributed by atoms with Gasteiger partial charge in [-0.3, -0.25) is 4.90 Å². The molecule has 4 heteroatoms. The van der Waals surface area contributed by atoms with E-state index in [1.807, 2.05) is 18.2 Å². The van der Waals surface area contributed by atoms with Crippen LogP contribution in [0.25, 0.3) is 0 Å². The number of ether oxygens (including phenoxy) is 2. The Morgan fingerprint density at radius 2 is 1.79 bits per heavy atom. The van der Waals surface area contributed by atoms with Gasteiger partial charge in [-0.2, -0.15) is 0 Å². The molecule has 0 bridgehead atoms. The molecule has 0 saturated carbocycles. The van der Waals surface area contributed by atoms with Crippen LogP contribution in [0, 0.1) is 0 Å². The summed E-state index contributed by atoms with van der Waals surface area (Å²) in [5.41, 5.74) is 0.983. The summed E-state index contributed by atoms with van der Waals surface area (Å²) < 4.78 is 11.0. The molecule has 1 saturated heterocycles. The molecule has 1 aromatic carbocycles. The molecule has 0 aliphatic carbocycles. The van der Waals surface area contributed by atoms with E-state index in [1.54, 1.807) is 20.3 Å². The van der Waals surface area contributed by atoms with Crippen molar-refractivity contribution in [3.05, 3.63) is 29.8 Å². The van der Waals surface area contributed by atoms with Gasteiger partial charge in [0.1, 0.15) is 5.75 Å². The highest BCUT2D eigenvalue weighted by Gasteiger charge is 2.36. The van der Waals surface area contributed by atoms with Crippen molar-refractivity contribution in [3.63, 3.8) is 0 Å². The van der Waals surface area contributed by atoms with Gasteiger partial charge in [-0.25, -0.2) is 0 Å². The molecular formula is C15H23NO3. The van der Waals surface area contributed by atoms with E-state index in [1.165, 1.54) is 0 Å². The summed E-state index contributed by atoms with van der Waals surface area (Å²) in [6.45, 7) is 3.81. The summed E-state index contributed by atoms with van der Waals surface area (Å²) in [5, 5.41) is 10.0. The number of benzene rings is 1. The van der Waals surface area contributed by atoms with Crippen LogP contribution in [0.5, 0.6) is 5.75 Å². The first-order valence-corrected chi connectivity index (χ1v) is 6.78. The van der Waals surface area contributed by atoms with Gasteiger partial charge in [-0.1, -0.05) is 25.1 Å². The number of likely N-dealkylation sites (tertiary alicyclic amines) is 1. The quantitative estimate of drug-likeness (QED) is 0.886. The molecule has 19 heavy (non-hydrogen) atoms. The topological polar surface area (TPSA) is 41.9 Å². The third kappa shape index (κ3) is 2.91. The molecule has 3 atom stereocenters. The molecule has 1 aliphatic rings. The maximum atomic E-state index is 10.0. The van der Waals surface area contributed by atoms with Crippen molar-refractivity contribution in [2.75, 3.05) is 27.3 Å². The van der Waals surface area contributed by atoms with Crippen molar-refractivity contribution in [1.29, 1.82) is 0 Å². The number of rotatable bonds is 5. The molecule has 4 nitrogen and oxygen atoms in total. The number of methoxy groups -OCH3 is 2. The lowest BCUT2D eigenvalue weighted by molar-refractivity contribution is -0.00461. The van der Waals surface area contributed by atoms with Crippen molar-refractivity contribution in [2.24, 2.45) is 0 Å². The smallest absolute Gasteiger partial charge is 0.120 e. The van der Waals surface area contributed by atoms with Crippen molar-refractivity contribution in [1.82, 2.24) is 4.90 Å². The van der Waals surface area contributed by atoms with Crippen molar-refractivity contribution in [2.45, 2.75) is 31.6 Å². The van der Waals surface area contributed by atoms with Crippen LogP contribution in [0.4, 0.5) is 0 Å². The molecule has 1 aliphatic heterocycles. The molecule has 1 N–H and O–H groups in total. The normalized spacial score (nSPS) is 25.6. The molecule has 1 heterocycles. The van der Waals surface area contributed by atoms with Gasteiger partial charge in [0.05, 0.1) is 12.2 Å². The zero-order chi connectivity index (χ0) is 13.8. The monoisotopic (exact) mass is 265 g/mol. The fourth-order valence-electron chi connectivity index (χ4n) is 2.92. The molecule has 0 spiro atoms. The van der Waals surface area contributed by atoms with Gasteiger partial charge in [0.2, 0.25) is 0 Å². The van der Waals surface area contributed by atoms with Crippen molar-refractivity contribution in [3.8, 4) is 5.75 Å². The Morgan fingerprint density at radius 3 is 2.26 bits per heavy atom. The van der Waals surface area contributed by atoms with E-state index in [-0.39, 0.29) is 18.2 Å². The molecule has 3 unspecified atom stereocenters. The van der Waals surface area contributed by atoms with E-state index in [4.69, 9.17) is 9.47 Å². The predicted octanol–water partition coefficient (Wildman–Crippen LogP) is 2.19. The minimum atomic E-state index is 0.102. The Balaban J connectivity index is 2.18. The Bertz CT molecular complexity index is 398. The van der Waals surface area contributed by atoms with Gasteiger partial charge < -0.3 is 14.6 Å². The van der Waals surface area contributed by atoms with Gasteiger partial charge in [0, 0.05) is 38.9 Å². The molecule has 106 valence electrons. The highest BCUT2D eigenvalue weighted by molar-refractivity contribution is 5.34. The maximum absolute atomic E-state index is 10.0. The van der Waals surface area contributed by atoms with Crippen LogP contribution in [0.3, 0.4) is 0 Å². The highest BCUT2D eigenvalue weighted by Crippen LogP contribution is 2.34. The zero-order valence-corrected chi connectivity index (χ0v) is 11.9. The van der Waals surface area contributed by atoms with Gasteiger partial charge >= 0.3 is 0 Å². The van der Waals surface area contributed by atoms with E-state index in [0.717, 1.165) is 25.1 Å². The molecule has 2 rings (SSSR count). The average Bonchev–Trinajstić information content (AvgIpc) is 2.85. The molecule has 1 aromatic rings. The summed E-state index contributed by atoms with van der Waals surface area (Å²) in [5.74, 6) is 0.365. The lowest BCUT2D eigenvalue weighted by atomic mass is 10.0. The number of phenols is 1. The number of aromatic hydroxyl groups is 1.